The second-order valence-corrected chi connectivity index (χ2v) is 7.45. The van der Waals surface area contributed by atoms with E-state index in [9.17, 15) is 4.79 Å². The van der Waals surface area contributed by atoms with Crippen LogP contribution in [0.4, 0.5) is 0 Å². The van der Waals surface area contributed by atoms with Gasteiger partial charge in [-0.25, -0.2) is 4.98 Å². The number of fused-ring (bicyclic) bond motifs is 5. The number of carbonyl (C=O) groups excluding carboxylic acids is 1. The van der Waals surface area contributed by atoms with Crippen molar-refractivity contribution in [3.63, 3.8) is 0 Å². The second kappa shape index (κ2) is 5.62. The number of carbonyl (C=O) groups is 1. The summed E-state index contributed by atoms with van der Waals surface area (Å²) in [5.41, 5.74) is 10.3. The zero-order chi connectivity index (χ0) is 18.7. The number of aryl methyl sites for hydroxylation is 3. The van der Waals surface area contributed by atoms with Crippen molar-refractivity contribution in [1.29, 1.82) is 0 Å². The quantitative estimate of drug-likeness (QED) is 0.369. The van der Waals surface area contributed by atoms with Gasteiger partial charge in [0.1, 0.15) is 0 Å². The molecule has 0 saturated carbocycles. The molecule has 0 aliphatic heterocycles. The van der Waals surface area contributed by atoms with Crippen LogP contribution in [-0.2, 0) is 0 Å². The van der Waals surface area contributed by atoms with Crippen LogP contribution in [0.2, 0.25) is 0 Å². The Morgan fingerprint density at radius 1 is 0.741 bits per heavy atom. The average molecular weight is 349 g/mol. The van der Waals surface area contributed by atoms with Crippen molar-refractivity contribution in [1.82, 2.24) is 4.98 Å². The molecule has 0 radical (unpaired) electrons. The summed E-state index contributed by atoms with van der Waals surface area (Å²) in [5.74, 6) is 0.115. The molecule has 0 saturated heterocycles. The zero-order valence-corrected chi connectivity index (χ0v) is 15.6. The maximum Gasteiger partial charge on any atom is 0.194 e. The molecule has 130 valence electrons. The summed E-state index contributed by atoms with van der Waals surface area (Å²) in [6.07, 6.45) is 0. The zero-order valence-electron chi connectivity index (χ0n) is 15.6. The SMILES string of the molecule is Cc1cc(C)cc(-c2ccc3c4c(ccc3n2)C(=O)c2cccc(C)c2-4)c1. The van der Waals surface area contributed by atoms with Crippen molar-refractivity contribution < 1.29 is 4.79 Å². The lowest BCUT2D eigenvalue weighted by Crippen LogP contribution is -1.95. The maximum atomic E-state index is 12.8. The highest BCUT2D eigenvalue weighted by molar-refractivity contribution is 6.26. The summed E-state index contributed by atoms with van der Waals surface area (Å²) < 4.78 is 0. The van der Waals surface area contributed by atoms with E-state index in [0.29, 0.717) is 0 Å². The lowest BCUT2D eigenvalue weighted by Gasteiger charge is -2.10. The number of ketones is 1. The minimum atomic E-state index is 0.115. The van der Waals surface area contributed by atoms with Crippen molar-refractivity contribution in [2.24, 2.45) is 0 Å². The third kappa shape index (κ3) is 2.33. The molecule has 0 fully saturated rings. The molecule has 1 aromatic heterocycles. The standard InChI is InChI=1S/C25H19NO/c1-14-11-15(2)13-17(12-14)21-9-7-18-22(26-21)10-8-20-24(18)23-16(3)5-4-6-19(23)25(20)27/h4-13H,1-3H3. The Balaban J connectivity index is 1.77. The summed E-state index contributed by atoms with van der Waals surface area (Å²) >= 11 is 0. The molecule has 0 spiro atoms. The van der Waals surface area contributed by atoms with E-state index in [2.05, 4.69) is 57.2 Å². The van der Waals surface area contributed by atoms with Crippen LogP contribution in [-0.4, -0.2) is 10.8 Å². The van der Waals surface area contributed by atoms with Crippen LogP contribution >= 0.6 is 0 Å². The number of hydrogen-bond acceptors (Lipinski definition) is 2. The third-order valence-corrected chi connectivity index (χ3v) is 5.40. The maximum absolute atomic E-state index is 12.8. The first-order valence-corrected chi connectivity index (χ1v) is 9.20. The van der Waals surface area contributed by atoms with Gasteiger partial charge in [0, 0.05) is 27.6 Å². The van der Waals surface area contributed by atoms with Crippen LogP contribution < -0.4 is 0 Å². The summed E-state index contributed by atoms with van der Waals surface area (Å²) in [6.45, 7) is 6.28. The first kappa shape index (κ1) is 16.0. The number of pyridine rings is 1. The van der Waals surface area contributed by atoms with Gasteiger partial charge in [-0.1, -0.05) is 35.4 Å². The molecule has 27 heavy (non-hydrogen) atoms. The van der Waals surface area contributed by atoms with E-state index in [1.165, 1.54) is 11.1 Å². The Hall–Kier alpha value is -3.26. The Labute approximate surface area is 158 Å². The highest BCUT2D eigenvalue weighted by atomic mass is 16.1. The van der Waals surface area contributed by atoms with Crippen LogP contribution in [0, 0.1) is 20.8 Å². The van der Waals surface area contributed by atoms with Gasteiger partial charge in [0.05, 0.1) is 11.2 Å². The normalized spacial score (nSPS) is 12.3. The molecule has 0 N–H and O–H groups in total. The fourth-order valence-corrected chi connectivity index (χ4v) is 4.28. The van der Waals surface area contributed by atoms with Crippen LogP contribution in [0.3, 0.4) is 0 Å². The molecule has 0 bridgehead atoms. The van der Waals surface area contributed by atoms with Crippen LogP contribution in [0.1, 0.15) is 32.6 Å². The molecular weight excluding hydrogens is 330 g/mol. The summed E-state index contributed by atoms with van der Waals surface area (Å²) in [5, 5.41) is 1.04. The van der Waals surface area contributed by atoms with Gasteiger partial charge in [-0.05, 0) is 68.3 Å². The van der Waals surface area contributed by atoms with Crippen LogP contribution in [0.25, 0.3) is 33.3 Å². The number of benzene rings is 3. The van der Waals surface area contributed by atoms with E-state index >= 15 is 0 Å². The van der Waals surface area contributed by atoms with Gasteiger partial charge in [-0.2, -0.15) is 0 Å². The largest absolute Gasteiger partial charge is 0.289 e. The molecule has 0 amide bonds. The molecule has 2 nitrogen and oxygen atoms in total. The van der Waals surface area contributed by atoms with E-state index in [1.807, 2.05) is 24.3 Å². The Kier molecular flexibility index (Phi) is 3.32. The van der Waals surface area contributed by atoms with Crippen molar-refractivity contribution in [3.8, 4) is 22.4 Å². The van der Waals surface area contributed by atoms with Gasteiger partial charge in [-0.15, -0.1) is 0 Å². The van der Waals surface area contributed by atoms with E-state index in [1.54, 1.807) is 0 Å². The van der Waals surface area contributed by atoms with Gasteiger partial charge in [0.15, 0.2) is 5.78 Å². The fourth-order valence-electron chi connectivity index (χ4n) is 4.28. The van der Waals surface area contributed by atoms with E-state index < -0.39 is 0 Å². The Bertz CT molecular complexity index is 1250. The first-order valence-electron chi connectivity index (χ1n) is 9.20. The van der Waals surface area contributed by atoms with Gasteiger partial charge >= 0.3 is 0 Å². The van der Waals surface area contributed by atoms with E-state index in [-0.39, 0.29) is 5.78 Å². The second-order valence-electron chi connectivity index (χ2n) is 7.45. The van der Waals surface area contributed by atoms with E-state index in [4.69, 9.17) is 4.98 Å². The lowest BCUT2D eigenvalue weighted by atomic mass is 9.96. The monoisotopic (exact) mass is 349 g/mol. The summed E-state index contributed by atoms with van der Waals surface area (Å²) in [4.78, 5) is 17.7. The van der Waals surface area contributed by atoms with Gasteiger partial charge < -0.3 is 0 Å². The highest BCUT2D eigenvalue weighted by Gasteiger charge is 2.29. The molecular formula is C25H19NO. The van der Waals surface area contributed by atoms with Crippen molar-refractivity contribution in [2.75, 3.05) is 0 Å². The first-order chi connectivity index (χ1) is 13.0. The molecule has 5 rings (SSSR count). The lowest BCUT2D eigenvalue weighted by molar-refractivity contribution is 0.104. The minimum absolute atomic E-state index is 0.115. The fraction of sp³-hybridized carbons (Fsp3) is 0.120. The highest BCUT2D eigenvalue weighted by Crippen LogP contribution is 2.43. The Morgan fingerprint density at radius 2 is 1.48 bits per heavy atom. The molecule has 3 aromatic carbocycles. The number of hydrogen-bond donors (Lipinski definition) is 0. The molecule has 0 atom stereocenters. The number of aromatic nitrogens is 1. The van der Waals surface area contributed by atoms with Crippen molar-refractivity contribution >= 4 is 16.7 Å². The summed E-state index contributed by atoms with van der Waals surface area (Å²) in [6, 6.07) is 20.5. The summed E-state index contributed by atoms with van der Waals surface area (Å²) in [7, 11) is 0. The molecule has 1 heterocycles. The molecule has 4 aromatic rings. The molecule has 0 unspecified atom stereocenters. The number of rotatable bonds is 1. The van der Waals surface area contributed by atoms with Gasteiger partial charge in [0.25, 0.3) is 0 Å². The van der Waals surface area contributed by atoms with Crippen molar-refractivity contribution in [3.05, 3.63) is 88.5 Å². The molecule has 1 aliphatic carbocycles. The van der Waals surface area contributed by atoms with E-state index in [0.717, 1.165) is 50.0 Å². The minimum Gasteiger partial charge on any atom is -0.289 e. The Morgan fingerprint density at radius 3 is 2.26 bits per heavy atom. The van der Waals surface area contributed by atoms with Crippen LogP contribution in [0.5, 0.6) is 0 Å². The topological polar surface area (TPSA) is 30.0 Å². The van der Waals surface area contributed by atoms with Crippen molar-refractivity contribution in [2.45, 2.75) is 20.8 Å². The predicted molar refractivity (Wildman–Crippen MR) is 110 cm³/mol. The average Bonchev–Trinajstić information content (AvgIpc) is 2.94. The van der Waals surface area contributed by atoms with Gasteiger partial charge in [-0.3, -0.25) is 4.79 Å². The predicted octanol–water partition coefficient (Wildman–Crippen LogP) is 6.04. The third-order valence-electron chi connectivity index (χ3n) is 5.40. The van der Waals surface area contributed by atoms with Gasteiger partial charge in [0.2, 0.25) is 0 Å². The molecule has 1 aliphatic rings. The molecule has 2 heteroatoms. The number of nitrogens with zero attached hydrogens (tertiary/aromatic N) is 1. The van der Waals surface area contributed by atoms with Crippen LogP contribution in [0.15, 0.2) is 60.7 Å². The smallest absolute Gasteiger partial charge is 0.194 e.